The van der Waals surface area contributed by atoms with Crippen LogP contribution in [0.4, 0.5) is 0 Å². The molecule has 3 fully saturated rings. The number of phenolic OH excluding ortho intramolecular Hbond substituents is 1. The second kappa shape index (κ2) is 9.37. The van der Waals surface area contributed by atoms with E-state index in [-0.39, 0.29) is 35.3 Å². The lowest BCUT2D eigenvalue weighted by Gasteiger charge is -2.44. The van der Waals surface area contributed by atoms with Gasteiger partial charge in [0.2, 0.25) is 23.6 Å². The molecule has 4 aliphatic rings. The number of phenols is 1. The van der Waals surface area contributed by atoms with Crippen molar-refractivity contribution in [3.05, 3.63) is 35.4 Å². The molecule has 0 spiro atoms. The lowest BCUT2D eigenvalue weighted by atomic mass is 9.57. The number of fused-ring (bicyclic) bond motifs is 4. The summed E-state index contributed by atoms with van der Waals surface area (Å²) in [5.74, 6) is -3.01. The average Bonchev–Trinajstić information content (AvgIpc) is 3.25. The van der Waals surface area contributed by atoms with Crippen LogP contribution < -0.4 is 4.74 Å². The number of hydrogen-bond acceptors (Lipinski definition) is 6. The van der Waals surface area contributed by atoms with Gasteiger partial charge in [0.15, 0.2) is 11.5 Å². The van der Waals surface area contributed by atoms with Crippen molar-refractivity contribution in [2.24, 2.45) is 29.6 Å². The summed E-state index contributed by atoms with van der Waals surface area (Å²) >= 11 is 0. The number of benzene rings is 1. The SMILES string of the molecule is CCCN1C(=O)C2CC=C3C(CC4C(=O)N(CCC)C(=O)C4C3c3ccc(O)c(OCC)c3)C2C1=O. The normalized spacial score (nSPS) is 31.4. The van der Waals surface area contributed by atoms with Gasteiger partial charge >= 0.3 is 0 Å². The van der Waals surface area contributed by atoms with Gasteiger partial charge in [-0.2, -0.15) is 0 Å². The van der Waals surface area contributed by atoms with Gasteiger partial charge in [-0.05, 0) is 56.2 Å². The molecule has 6 atom stereocenters. The molecule has 8 heteroatoms. The number of nitrogens with zero attached hydrogens (tertiary/aromatic N) is 2. The Labute approximate surface area is 211 Å². The van der Waals surface area contributed by atoms with Crippen molar-refractivity contribution in [3.8, 4) is 11.5 Å². The van der Waals surface area contributed by atoms with Crippen molar-refractivity contribution in [2.75, 3.05) is 19.7 Å². The Balaban J connectivity index is 1.62. The lowest BCUT2D eigenvalue weighted by molar-refractivity contribution is -0.142. The largest absolute Gasteiger partial charge is 0.504 e. The number of carbonyl (C=O) groups excluding carboxylic acids is 4. The minimum Gasteiger partial charge on any atom is -0.504 e. The highest BCUT2D eigenvalue weighted by Gasteiger charge is 2.61. The van der Waals surface area contributed by atoms with E-state index in [2.05, 4.69) is 0 Å². The van der Waals surface area contributed by atoms with Gasteiger partial charge in [0, 0.05) is 19.0 Å². The first-order valence-corrected chi connectivity index (χ1v) is 13.2. The summed E-state index contributed by atoms with van der Waals surface area (Å²) in [4.78, 5) is 56.5. The van der Waals surface area contributed by atoms with E-state index in [0.29, 0.717) is 51.1 Å². The number of ether oxygens (including phenoxy) is 1. The topological polar surface area (TPSA) is 104 Å². The molecule has 1 saturated carbocycles. The summed E-state index contributed by atoms with van der Waals surface area (Å²) in [6.07, 6.45) is 4.26. The molecule has 192 valence electrons. The fraction of sp³-hybridized carbons (Fsp3) is 0.571. The van der Waals surface area contributed by atoms with Crippen LogP contribution in [0.3, 0.4) is 0 Å². The molecule has 1 N–H and O–H groups in total. The van der Waals surface area contributed by atoms with Gasteiger partial charge < -0.3 is 9.84 Å². The fourth-order valence-electron chi connectivity index (χ4n) is 6.98. The second-order valence-corrected chi connectivity index (χ2v) is 10.3. The molecule has 6 unspecified atom stereocenters. The highest BCUT2D eigenvalue weighted by atomic mass is 16.5. The predicted molar refractivity (Wildman–Crippen MR) is 131 cm³/mol. The first kappa shape index (κ1) is 24.5. The van der Waals surface area contributed by atoms with Crippen LogP contribution >= 0.6 is 0 Å². The van der Waals surface area contributed by atoms with Gasteiger partial charge in [0.05, 0.1) is 30.3 Å². The molecule has 2 saturated heterocycles. The Morgan fingerprint density at radius 3 is 2.14 bits per heavy atom. The van der Waals surface area contributed by atoms with Crippen LogP contribution in [-0.2, 0) is 19.2 Å². The third kappa shape index (κ3) is 3.56. The van der Waals surface area contributed by atoms with Crippen LogP contribution in [-0.4, -0.2) is 58.2 Å². The molecule has 2 heterocycles. The lowest BCUT2D eigenvalue weighted by Crippen LogP contribution is -2.43. The monoisotopic (exact) mass is 494 g/mol. The summed E-state index contributed by atoms with van der Waals surface area (Å²) < 4.78 is 5.63. The summed E-state index contributed by atoms with van der Waals surface area (Å²) in [7, 11) is 0. The van der Waals surface area contributed by atoms with Crippen LogP contribution in [0.15, 0.2) is 29.8 Å². The van der Waals surface area contributed by atoms with Gasteiger partial charge in [-0.3, -0.25) is 29.0 Å². The number of allylic oxidation sites excluding steroid dienone is 2. The Morgan fingerprint density at radius 1 is 0.861 bits per heavy atom. The molecule has 5 rings (SSSR count). The molecule has 2 aliphatic heterocycles. The van der Waals surface area contributed by atoms with E-state index in [9.17, 15) is 24.3 Å². The van der Waals surface area contributed by atoms with E-state index in [1.165, 1.54) is 9.80 Å². The maximum absolute atomic E-state index is 13.6. The van der Waals surface area contributed by atoms with Gasteiger partial charge in [-0.15, -0.1) is 0 Å². The first-order valence-electron chi connectivity index (χ1n) is 13.2. The number of rotatable bonds is 7. The number of amides is 4. The molecular weight excluding hydrogens is 460 g/mol. The summed E-state index contributed by atoms with van der Waals surface area (Å²) in [5, 5.41) is 10.3. The number of likely N-dealkylation sites (tertiary alicyclic amines) is 2. The third-order valence-corrected chi connectivity index (χ3v) is 8.37. The van der Waals surface area contributed by atoms with Gasteiger partial charge in [-0.25, -0.2) is 0 Å². The molecule has 1 aromatic rings. The number of hydrogen-bond donors (Lipinski definition) is 1. The molecule has 0 aromatic heterocycles. The Hall–Kier alpha value is -3.16. The predicted octanol–water partition coefficient (Wildman–Crippen LogP) is 3.25. The molecule has 1 aromatic carbocycles. The number of carbonyl (C=O) groups is 4. The average molecular weight is 495 g/mol. The van der Waals surface area contributed by atoms with Crippen molar-refractivity contribution in [1.82, 2.24) is 9.80 Å². The highest BCUT2D eigenvalue weighted by molar-refractivity contribution is 6.08. The quantitative estimate of drug-likeness (QED) is 0.461. The van der Waals surface area contributed by atoms with Crippen LogP contribution in [0, 0.1) is 29.6 Å². The van der Waals surface area contributed by atoms with Crippen LogP contribution in [0.25, 0.3) is 0 Å². The first-order chi connectivity index (χ1) is 17.3. The Bertz CT molecular complexity index is 1140. The van der Waals surface area contributed by atoms with Crippen LogP contribution in [0.1, 0.15) is 57.9 Å². The molecule has 2 aliphatic carbocycles. The molecule has 8 nitrogen and oxygen atoms in total. The summed E-state index contributed by atoms with van der Waals surface area (Å²) in [6.45, 7) is 6.85. The highest BCUT2D eigenvalue weighted by Crippen LogP contribution is 2.58. The van der Waals surface area contributed by atoms with Crippen molar-refractivity contribution in [3.63, 3.8) is 0 Å². The zero-order chi connectivity index (χ0) is 25.7. The minimum atomic E-state index is -0.568. The van der Waals surface area contributed by atoms with Crippen LogP contribution in [0.2, 0.25) is 0 Å². The zero-order valence-electron chi connectivity index (χ0n) is 21.1. The standard InChI is InChI=1S/C28H34N2O6/c1-4-11-29-25(32)17-9-8-16-18(23(17)27(29)34)14-19-24(28(35)30(12-5-2)26(19)33)22(16)15-7-10-20(31)21(13-15)36-6-3/h7-8,10,13,17-19,22-24,31H,4-6,9,11-12,14H2,1-3H3. The maximum atomic E-state index is 13.6. The van der Waals surface area contributed by atoms with E-state index < -0.39 is 29.6 Å². The van der Waals surface area contributed by atoms with Gasteiger partial charge in [-0.1, -0.05) is 31.6 Å². The van der Waals surface area contributed by atoms with Gasteiger partial charge in [0.1, 0.15) is 0 Å². The molecule has 0 radical (unpaired) electrons. The fourth-order valence-corrected chi connectivity index (χ4v) is 6.98. The minimum absolute atomic E-state index is 0.00964. The number of imide groups is 2. The van der Waals surface area contributed by atoms with Crippen molar-refractivity contribution < 1.29 is 29.0 Å². The Morgan fingerprint density at radius 2 is 1.50 bits per heavy atom. The maximum Gasteiger partial charge on any atom is 0.234 e. The van der Waals surface area contributed by atoms with Gasteiger partial charge in [0.25, 0.3) is 0 Å². The summed E-state index contributed by atoms with van der Waals surface area (Å²) in [5.41, 5.74) is 1.74. The van der Waals surface area contributed by atoms with E-state index in [4.69, 9.17) is 4.74 Å². The number of aromatic hydroxyl groups is 1. The van der Waals surface area contributed by atoms with E-state index in [0.717, 1.165) is 11.1 Å². The van der Waals surface area contributed by atoms with E-state index >= 15 is 0 Å². The Kier molecular flexibility index (Phi) is 6.39. The van der Waals surface area contributed by atoms with E-state index in [1.807, 2.05) is 26.8 Å². The summed E-state index contributed by atoms with van der Waals surface area (Å²) in [6, 6.07) is 5.09. The third-order valence-electron chi connectivity index (χ3n) is 8.37. The molecule has 36 heavy (non-hydrogen) atoms. The molecule has 0 bridgehead atoms. The molecular formula is C28H34N2O6. The second-order valence-electron chi connectivity index (χ2n) is 10.3. The van der Waals surface area contributed by atoms with Crippen LogP contribution in [0.5, 0.6) is 11.5 Å². The zero-order valence-corrected chi connectivity index (χ0v) is 21.1. The van der Waals surface area contributed by atoms with Crippen molar-refractivity contribution in [2.45, 2.75) is 52.4 Å². The molecule has 4 amide bonds. The smallest absolute Gasteiger partial charge is 0.234 e. The van der Waals surface area contributed by atoms with E-state index in [1.54, 1.807) is 18.2 Å². The van der Waals surface area contributed by atoms with Crippen molar-refractivity contribution >= 4 is 23.6 Å². The van der Waals surface area contributed by atoms with Crippen molar-refractivity contribution in [1.29, 1.82) is 0 Å².